The van der Waals surface area contributed by atoms with E-state index >= 15 is 0 Å². The summed E-state index contributed by atoms with van der Waals surface area (Å²) in [7, 11) is 0. The molecule has 1 saturated carbocycles. The van der Waals surface area contributed by atoms with E-state index in [9.17, 15) is 0 Å². The average molecular weight is 534 g/mol. The second-order valence-corrected chi connectivity index (χ2v) is 14.4. The SMILES string of the molecule is CC(C)(C)c1ccc2c(c1)B1c3c(ccc4c3N2C2(C)CCCCC42C)-n2c1nc1ccc(-c3ccccc3)cc12. The topological polar surface area (TPSA) is 21.1 Å². The third-order valence-corrected chi connectivity index (χ3v) is 11.3. The number of nitrogens with zero attached hydrogens (tertiary/aromatic N) is 3. The van der Waals surface area contributed by atoms with Gasteiger partial charge in [-0.25, -0.2) is 4.98 Å². The Bertz CT molecular complexity index is 1930. The fourth-order valence-electron chi connectivity index (χ4n) is 8.90. The molecule has 202 valence electrons. The first kappa shape index (κ1) is 23.9. The number of fused-ring (bicyclic) bond motifs is 11. The van der Waals surface area contributed by atoms with E-state index < -0.39 is 0 Å². The van der Waals surface area contributed by atoms with E-state index in [0.717, 1.165) is 5.52 Å². The van der Waals surface area contributed by atoms with Crippen LogP contribution in [0.25, 0.3) is 27.8 Å². The Morgan fingerprint density at radius 1 is 0.805 bits per heavy atom. The van der Waals surface area contributed by atoms with Crippen molar-refractivity contribution >= 4 is 45.8 Å². The van der Waals surface area contributed by atoms with Gasteiger partial charge in [0.25, 0.3) is 6.71 Å². The molecule has 9 rings (SSSR count). The highest BCUT2D eigenvalue weighted by Crippen LogP contribution is 2.61. The van der Waals surface area contributed by atoms with E-state index in [1.54, 1.807) is 5.56 Å². The maximum Gasteiger partial charge on any atom is 0.294 e. The highest BCUT2D eigenvalue weighted by Gasteiger charge is 2.62. The van der Waals surface area contributed by atoms with Crippen LogP contribution in [0.3, 0.4) is 0 Å². The Hall–Kier alpha value is -3.79. The van der Waals surface area contributed by atoms with Crippen LogP contribution < -0.4 is 21.5 Å². The summed E-state index contributed by atoms with van der Waals surface area (Å²) in [6.07, 6.45) is 5.09. The normalized spacial score (nSPS) is 23.4. The monoisotopic (exact) mass is 533 g/mol. The third-order valence-electron chi connectivity index (χ3n) is 11.3. The average Bonchev–Trinajstić information content (AvgIpc) is 3.56. The van der Waals surface area contributed by atoms with Crippen molar-refractivity contribution in [1.29, 1.82) is 0 Å². The van der Waals surface area contributed by atoms with E-state index in [1.165, 1.54) is 81.6 Å². The van der Waals surface area contributed by atoms with Crippen molar-refractivity contribution in [3.8, 4) is 16.8 Å². The van der Waals surface area contributed by atoms with Crippen molar-refractivity contribution in [3.63, 3.8) is 0 Å². The van der Waals surface area contributed by atoms with Crippen LogP contribution in [0.1, 0.15) is 71.4 Å². The van der Waals surface area contributed by atoms with Crippen LogP contribution in [-0.2, 0) is 10.8 Å². The van der Waals surface area contributed by atoms with Crippen LogP contribution in [0, 0.1) is 0 Å². The summed E-state index contributed by atoms with van der Waals surface area (Å²) in [6.45, 7) is 12.2. The second kappa shape index (κ2) is 7.53. The van der Waals surface area contributed by atoms with Gasteiger partial charge in [0.05, 0.1) is 22.3 Å². The molecule has 0 spiro atoms. The molecule has 4 heteroatoms. The Labute approximate surface area is 243 Å². The van der Waals surface area contributed by atoms with Crippen LogP contribution in [0.4, 0.5) is 11.4 Å². The molecule has 1 aromatic heterocycles. The van der Waals surface area contributed by atoms with Crippen LogP contribution in [-0.4, -0.2) is 21.8 Å². The third kappa shape index (κ3) is 2.79. The summed E-state index contributed by atoms with van der Waals surface area (Å²) in [4.78, 5) is 8.20. The molecule has 2 atom stereocenters. The maximum absolute atomic E-state index is 5.41. The number of hydrogen-bond acceptors (Lipinski definition) is 2. The lowest BCUT2D eigenvalue weighted by Crippen LogP contribution is -2.61. The molecule has 0 N–H and O–H groups in total. The number of imidazole rings is 1. The van der Waals surface area contributed by atoms with Gasteiger partial charge in [-0.2, -0.15) is 0 Å². The molecule has 4 aliphatic rings. The smallest absolute Gasteiger partial charge is 0.294 e. The van der Waals surface area contributed by atoms with Crippen molar-refractivity contribution < 1.29 is 0 Å². The van der Waals surface area contributed by atoms with Gasteiger partial charge in [-0.05, 0) is 82.6 Å². The van der Waals surface area contributed by atoms with E-state index in [-0.39, 0.29) is 23.1 Å². The second-order valence-electron chi connectivity index (χ2n) is 14.4. The van der Waals surface area contributed by atoms with Crippen molar-refractivity contribution in [2.75, 3.05) is 4.90 Å². The van der Waals surface area contributed by atoms with Crippen molar-refractivity contribution in [2.24, 2.45) is 0 Å². The van der Waals surface area contributed by atoms with Crippen LogP contribution in [0.2, 0.25) is 0 Å². The van der Waals surface area contributed by atoms with Gasteiger partial charge in [0.1, 0.15) is 0 Å². The van der Waals surface area contributed by atoms with Gasteiger partial charge in [-0.3, -0.25) is 0 Å². The van der Waals surface area contributed by atoms with Gasteiger partial charge in [-0.1, -0.05) is 95.1 Å². The molecule has 41 heavy (non-hydrogen) atoms. The van der Waals surface area contributed by atoms with E-state index in [0.29, 0.717) is 0 Å². The lowest BCUT2D eigenvalue weighted by Gasteiger charge is -2.51. The minimum absolute atomic E-state index is 0.0684. The van der Waals surface area contributed by atoms with Crippen molar-refractivity contribution in [3.05, 3.63) is 90.0 Å². The number of hydrogen-bond donors (Lipinski definition) is 0. The van der Waals surface area contributed by atoms with Gasteiger partial charge >= 0.3 is 0 Å². The molecule has 3 aliphatic heterocycles. The Kier molecular flexibility index (Phi) is 4.39. The first-order chi connectivity index (χ1) is 19.7. The highest BCUT2D eigenvalue weighted by molar-refractivity contribution is 6.99. The summed E-state index contributed by atoms with van der Waals surface area (Å²) in [5.74, 6) is 0. The molecule has 1 aliphatic carbocycles. The fraction of sp³-hybridized carbons (Fsp3) is 0.324. The molecule has 0 saturated heterocycles. The standard InChI is InChI=1S/C37H36BN3/c1-35(2,3)25-14-17-29-27(22-25)38-32-30(18-15-26-33(32)41(29)37(5)20-10-9-19-36(26,37)4)40-31-21-24(23-11-7-6-8-12-23)13-16-28(31)39-34(38)40/h6-8,11-18,21-22H,9-10,19-20H2,1-5H3. The molecule has 3 nitrogen and oxygen atoms in total. The van der Waals surface area contributed by atoms with Crippen molar-refractivity contribution in [1.82, 2.24) is 9.55 Å². The molecule has 1 fully saturated rings. The molecule has 4 heterocycles. The van der Waals surface area contributed by atoms with Crippen LogP contribution >= 0.6 is 0 Å². The number of benzene rings is 4. The predicted octanol–water partition coefficient (Wildman–Crippen LogP) is 6.88. The molecular formula is C37H36BN3. The fourth-order valence-corrected chi connectivity index (χ4v) is 8.90. The van der Waals surface area contributed by atoms with Crippen molar-refractivity contribution in [2.45, 2.75) is 76.7 Å². The largest absolute Gasteiger partial charge is 0.335 e. The molecule has 2 unspecified atom stereocenters. The van der Waals surface area contributed by atoms with Gasteiger partial charge in [0.2, 0.25) is 0 Å². The minimum atomic E-state index is 0.0684. The van der Waals surface area contributed by atoms with Gasteiger partial charge < -0.3 is 9.47 Å². The van der Waals surface area contributed by atoms with E-state index in [2.05, 4.69) is 123 Å². The summed E-state index contributed by atoms with van der Waals surface area (Å²) in [5.41, 5.74) is 16.3. The summed E-state index contributed by atoms with van der Waals surface area (Å²) in [6, 6.07) is 29.8. The summed E-state index contributed by atoms with van der Waals surface area (Å²) >= 11 is 0. The molecule has 0 radical (unpaired) electrons. The van der Waals surface area contributed by atoms with Crippen LogP contribution in [0.5, 0.6) is 0 Å². The molecule has 0 amide bonds. The number of aromatic nitrogens is 2. The zero-order chi connectivity index (χ0) is 27.9. The Morgan fingerprint density at radius 3 is 2.39 bits per heavy atom. The first-order valence-electron chi connectivity index (χ1n) is 15.4. The quantitative estimate of drug-likeness (QED) is 0.215. The Balaban J connectivity index is 1.38. The predicted molar refractivity (Wildman–Crippen MR) is 173 cm³/mol. The first-order valence-corrected chi connectivity index (χ1v) is 15.4. The molecule has 5 aromatic rings. The lowest BCUT2D eigenvalue weighted by atomic mass is 9.38. The molecule has 0 bridgehead atoms. The van der Waals surface area contributed by atoms with E-state index in [4.69, 9.17) is 4.98 Å². The van der Waals surface area contributed by atoms with Crippen LogP contribution in [0.15, 0.2) is 78.9 Å². The summed E-state index contributed by atoms with van der Waals surface area (Å²) in [5, 5.41) is 0. The minimum Gasteiger partial charge on any atom is -0.335 e. The van der Waals surface area contributed by atoms with E-state index in [1.807, 2.05) is 0 Å². The van der Waals surface area contributed by atoms with Gasteiger partial charge in [-0.15, -0.1) is 0 Å². The maximum atomic E-state index is 5.41. The molecular weight excluding hydrogens is 497 g/mol. The highest BCUT2D eigenvalue weighted by atomic mass is 15.3. The lowest BCUT2D eigenvalue weighted by molar-refractivity contribution is 0.195. The van der Waals surface area contributed by atoms with Gasteiger partial charge in [0.15, 0.2) is 0 Å². The van der Waals surface area contributed by atoms with Gasteiger partial charge in [0, 0.05) is 22.5 Å². The zero-order valence-corrected chi connectivity index (χ0v) is 24.8. The number of rotatable bonds is 1. The Morgan fingerprint density at radius 2 is 1.59 bits per heavy atom. The zero-order valence-electron chi connectivity index (χ0n) is 24.8. The summed E-state index contributed by atoms with van der Waals surface area (Å²) < 4.78 is 2.49. The molecule has 4 aromatic carbocycles. The number of anilines is 2.